The molecule has 0 bridgehead atoms. The summed E-state index contributed by atoms with van der Waals surface area (Å²) in [7, 11) is 0. The average molecular weight is 283 g/mol. The first kappa shape index (κ1) is 9.10. The van der Waals surface area contributed by atoms with E-state index in [4.69, 9.17) is 5.73 Å². The van der Waals surface area contributed by atoms with Gasteiger partial charge in [-0.2, -0.15) is 4.39 Å². The highest BCUT2D eigenvalue weighted by Crippen LogP contribution is 2.25. The number of hydrogen-bond acceptors (Lipinski definition) is 4. The lowest BCUT2D eigenvalue weighted by atomic mass is 10.4. The Labute approximate surface area is 80.1 Å². The van der Waals surface area contributed by atoms with E-state index >= 15 is 0 Å². The summed E-state index contributed by atoms with van der Waals surface area (Å²) in [6.07, 6.45) is 1.14. The third kappa shape index (κ3) is 1.44. The van der Waals surface area contributed by atoms with Gasteiger partial charge in [0.15, 0.2) is 0 Å². The maximum absolute atomic E-state index is 12.9. The SMILES string of the molecule is Nc1ncc(I)c(F)c1[N+](=O)[O-]. The van der Waals surface area contributed by atoms with Crippen molar-refractivity contribution in [2.75, 3.05) is 5.73 Å². The van der Waals surface area contributed by atoms with Gasteiger partial charge in [-0.05, 0) is 22.6 Å². The lowest BCUT2D eigenvalue weighted by Gasteiger charge is -1.97. The summed E-state index contributed by atoms with van der Waals surface area (Å²) < 4.78 is 13.0. The smallest absolute Gasteiger partial charge is 0.347 e. The average Bonchev–Trinajstić information content (AvgIpc) is 1.97. The number of nitro groups is 1. The zero-order chi connectivity index (χ0) is 9.30. The van der Waals surface area contributed by atoms with Crippen molar-refractivity contribution in [1.82, 2.24) is 4.98 Å². The number of nitrogens with two attached hydrogens (primary N) is 1. The lowest BCUT2D eigenvalue weighted by Crippen LogP contribution is -2.02. The van der Waals surface area contributed by atoms with Gasteiger partial charge in [0.25, 0.3) is 0 Å². The molecule has 0 aliphatic rings. The van der Waals surface area contributed by atoms with Gasteiger partial charge in [-0.1, -0.05) is 0 Å². The van der Waals surface area contributed by atoms with Gasteiger partial charge >= 0.3 is 5.69 Å². The van der Waals surface area contributed by atoms with Crippen LogP contribution in [0, 0.1) is 19.5 Å². The number of pyridine rings is 1. The Bertz CT molecular complexity index is 344. The number of aromatic nitrogens is 1. The van der Waals surface area contributed by atoms with Gasteiger partial charge in [0.1, 0.15) is 0 Å². The summed E-state index contributed by atoms with van der Waals surface area (Å²) in [5.41, 5.74) is 4.33. The molecule has 7 heteroatoms. The number of rotatable bonds is 1. The minimum atomic E-state index is -0.937. The third-order valence-corrected chi connectivity index (χ3v) is 1.91. The summed E-state index contributed by atoms with van der Waals surface area (Å²) in [5.74, 6) is -1.34. The predicted molar refractivity (Wildman–Crippen MR) is 48.0 cm³/mol. The molecule has 0 saturated heterocycles. The van der Waals surface area contributed by atoms with E-state index < -0.39 is 22.2 Å². The summed E-state index contributed by atoms with van der Waals surface area (Å²) in [6.45, 7) is 0. The van der Waals surface area contributed by atoms with Crippen LogP contribution in [0.25, 0.3) is 0 Å². The standard InChI is InChI=1S/C5H3FIN3O2/c6-3-2(7)1-9-5(8)4(3)10(11)12/h1H,(H2,8,9). The third-order valence-electron chi connectivity index (χ3n) is 1.16. The Morgan fingerprint density at radius 2 is 2.33 bits per heavy atom. The van der Waals surface area contributed by atoms with Gasteiger partial charge in [0.2, 0.25) is 11.6 Å². The van der Waals surface area contributed by atoms with Gasteiger partial charge < -0.3 is 5.73 Å². The zero-order valence-electron chi connectivity index (χ0n) is 5.62. The van der Waals surface area contributed by atoms with Crippen molar-refractivity contribution in [2.45, 2.75) is 0 Å². The van der Waals surface area contributed by atoms with E-state index in [0.29, 0.717) is 0 Å². The first-order valence-corrected chi connectivity index (χ1v) is 3.85. The zero-order valence-corrected chi connectivity index (χ0v) is 7.78. The molecular formula is C5H3FIN3O2. The van der Waals surface area contributed by atoms with E-state index in [0.717, 1.165) is 6.20 Å². The Balaban J connectivity index is 3.43. The Kier molecular flexibility index (Phi) is 2.40. The normalized spacial score (nSPS) is 9.83. The second-order valence-electron chi connectivity index (χ2n) is 1.91. The molecule has 0 unspecified atom stereocenters. The molecular weight excluding hydrogens is 280 g/mol. The molecule has 0 saturated carbocycles. The molecule has 12 heavy (non-hydrogen) atoms. The van der Waals surface area contributed by atoms with E-state index in [2.05, 4.69) is 4.98 Å². The maximum atomic E-state index is 12.9. The van der Waals surface area contributed by atoms with Crippen molar-refractivity contribution in [3.8, 4) is 0 Å². The summed E-state index contributed by atoms with van der Waals surface area (Å²) >= 11 is 1.60. The lowest BCUT2D eigenvalue weighted by molar-refractivity contribution is -0.386. The van der Waals surface area contributed by atoms with Crippen LogP contribution >= 0.6 is 22.6 Å². The topological polar surface area (TPSA) is 82.0 Å². The molecule has 0 spiro atoms. The molecule has 0 fully saturated rings. The summed E-state index contributed by atoms with van der Waals surface area (Å²) in [5, 5.41) is 10.2. The number of halogens is 2. The van der Waals surface area contributed by atoms with Crippen molar-refractivity contribution in [3.63, 3.8) is 0 Å². The second-order valence-corrected chi connectivity index (χ2v) is 3.07. The number of nitrogen functional groups attached to an aromatic ring is 1. The molecule has 2 N–H and O–H groups in total. The van der Waals surface area contributed by atoms with Crippen LogP contribution in [0.2, 0.25) is 0 Å². The number of hydrogen-bond donors (Lipinski definition) is 1. The minimum Gasteiger partial charge on any atom is -0.378 e. The first-order chi connectivity index (χ1) is 5.54. The van der Waals surface area contributed by atoms with Crippen molar-refractivity contribution >= 4 is 34.1 Å². The van der Waals surface area contributed by atoms with Gasteiger partial charge in [-0.15, -0.1) is 0 Å². The molecule has 0 aliphatic heterocycles. The van der Waals surface area contributed by atoms with Crippen LogP contribution in [0.5, 0.6) is 0 Å². The molecule has 0 atom stereocenters. The molecule has 1 aromatic rings. The quantitative estimate of drug-likeness (QED) is 0.478. The summed E-state index contributed by atoms with van der Waals surface area (Å²) in [4.78, 5) is 12.8. The molecule has 1 heterocycles. The van der Waals surface area contributed by atoms with Gasteiger partial charge in [0.05, 0.1) is 8.49 Å². The molecule has 5 nitrogen and oxygen atoms in total. The fourth-order valence-corrected chi connectivity index (χ4v) is 1.04. The van der Waals surface area contributed by atoms with Crippen molar-refractivity contribution in [1.29, 1.82) is 0 Å². The molecule has 0 radical (unpaired) electrons. The number of anilines is 1. The highest BCUT2D eigenvalue weighted by molar-refractivity contribution is 14.1. The van der Waals surface area contributed by atoms with Gasteiger partial charge in [0, 0.05) is 6.20 Å². The minimum absolute atomic E-state index is 0.0773. The predicted octanol–water partition coefficient (Wildman–Crippen LogP) is 1.32. The first-order valence-electron chi connectivity index (χ1n) is 2.78. The highest BCUT2D eigenvalue weighted by Gasteiger charge is 2.21. The highest BCUT2D eigenvalue weighted by atomic mass is 127. The molecule has 1 aromatic heterocycles. The Hall–Kier alpha value is -0.990. The van der Waals surface area contributed by atoms with Crippen LogP contribution in [-0.4, -0.2) is 9.91 Å². The van der Waals surface area contributed by atoms with Crippen molar-refractivity contribution in [2.24, 2.45) is 0 Å². The van der Waals surface area contributed by atoms with Crippen LogP contribution in [0.1, 0.15) is 0 Å². The van der Waals surface area contributed by atoms with Gasteiger partial charge in [-0.3, -0.25) is 10.1 Å². The molecule has 0 amide bonds. The second kappa shape index (κ2) is 3.17. The van der Waals surface area contributed by atoms with Crippen LogP contribution in [0.15, 0.2) is 6.20 Å². The monoisotopic (exact) mass is 283 g/mol. The Morgan fingerprint density at radius 3 is 2.75 bits per heavy atom. The van der Waals surface area contributed by atoms with Crippen LogP contribution in [0.4, 0.5) is 15.9 Å². The summed E-state index contributed by atoms with van der Waals surface area (Å²) in [6, 6.07) is 0. The Morgan fingerprint density at radius 1 is 1.75 bits per heavy atom. The van der Waals surface area contributed by atoms with Gasteiger partial charge in [-0.25, -0.2) is 4.98 Å². The van der Waals surface area contributed by atoms with E-state index in [-0.39, 0.29) is 3.57 Å². The van der Waals surface area contributed by atoms with E-state index in [1.54, 1.807) is 22.6 Å². The van der Waals surface area contributed by atoms with Crippen LogP contribution < -0.4 is 5.73 Å². The van der Waals surface area contributed by atoms with E-state index in [1.807, 2.05) is 0 Å². The number of nitrogens with zero attached hydrogens (tertiary/aromatic N) is 2. The van der Waals surface area contributed by atoms with Crippen LogP contribution in [-0.2, 0) is 0 Å². The van der Waals surface area contributed by atoms with Crippen LogP contribution in [0.3, 0.4) is 0 Å². The molecule has 0 aromatic carbocycles. The molecule has 64 valence electrons. The molecule has 1 rings (SSSR count). The maximum Gasteiger partial charge on any atom is 0.347 e. The fraction of sp³-hybridized carbons (Fsp3) is 0. The van der Waals surface area contributed by atoms with E-state index in [9.17, 15) is 14.5 Å². The van der Waals surface area contributed by atoms with E-state index in [1.165, 1.54) is 0 Å². The van der Waals surface area contributed by atoms with Crippen molar-refractivity contribution in [3.05, 3.63) is 25.7 Å². The molecule has 0 aliphatic carbocycles. The van der Waals surface area contributed by atoms with Crippen molar-refractivity contribution < 1.29 is 9.31 Å². The fourth-order valence-electron chi connectivity index (χ4n) is 0.643. The largest absolute Gasteiger partial charge is 0.378 e.